The first-order valence-corrected chi connectivity index (χ1v) is 10.6. The van der Waals surface area contributed by atoms with Crippen LogP contribution in [0.5, 0.6) is 5.75 Å². The SMILES string of the molecule is COc1ccccc1N1CCN(C2CCC(c3c[nH]c4ccc(F)cc34)C2)CC1. The summed E-state index contributed by atoms with van der Waals surface area (Å²) < 4.78 is 19.3. The summed E-state index contributed by atoms with van der Waals surface area (Å²) >= 11 is 0. The van der Waals surface area contributed by atoms with Crippen LogP contribution in [0, 0.1) is 5.82 Å². The summed E-state index contributed by atoms with van der Waals surface area (Å²) in [6.07, 6.45) is 5.66. The molecule has 2 unspecified atom stereocenters. The predicted molar refractivity (Wildman–Crippen MR) is 115 cm³/mol. The third-order valence-electron chi connectivity index (χ3n) is 6.78. The lowest BCUT2D eigenvalue weighted by molar-refractivity contribution is 0.186. The number of methoxy groups -OCH3 is 1. The molecule has 2 aliphatic rings. The first-order valence-electron chi connectivity index (χ1n) is 10.6. The van der Waals surface area contributed by atoms with Crippen molar-refractivity contribution in [3.8, 4) is 5.75 Å². The van der Waals surface area contributed by atoms with Gasteiger partial charge < -0.3 is 14.6 Å². The third-order valence-corrected chi connectivity index (χ3v) is 6.78. The molecule has 1 saturated heterocycles. The number of ether oxygens (including phenoxy) is 1. The maximum Gasteiger partial charge on any atom is 0.142 e. The average Bonchev–Trinajstić information content (AvgIpc) is 3.40. The molecular formula is C24H28FN3O. The maximum atomic E-state index is 13.7. The smallest absolute Gasteiger partial charge is 0.142 e. The average molecular weight is 394 g/mol. The van der Waals surface area contributed by atoms with Gasteiger partial charge in [-0.25, -0.2) is 4.39 Å². The number of para-hydroxylation sites is 2. The minimum absolute atomic E-state index is 0.152. The molecule has 1 N–H and O–H groups in total. The second-order valence-electron chi connectivity index (χ2n) is 8.29. The topological polar surface area (TPSA) is 31.5 Å². The van der Waals surface area contributed by atoms with Crippen molar-refractivity contribution in [2.75, 3.05) is 38.2 Å². The molecule has 29 heavy (non-hydrogen) atoms. The van der Waals surface area contributed by atoms with Gasteiger partial charge in [0.2, 0.25) is 0 Å². The van der Waals surface area contributed by atoms with Gasteiger partial charge in [0.05, 0.1) is 12.8 Å². The summed E-state index contributed by atoms with van der Waals surface area (Å²) in [7, 11) is 1.74. The Bertz CT molecular complexity index is 993. The van der Waals surface area contributed by atoms with Crippen LogP contribution in [0.3, 0.4) is 0 Å². The fourth-order valence-electron chi connectivity index (χ4n) is 5.24. The van der Waals surface area contributed by atoms with E-state index in [4.69, 9.17) is 4.74 Å². The molecule has 1 aliphatic carbocycles. The molecule has 0 radical (unpaired) electrons. The molecule has 0 bridgehead atoms. The van der Waals surface area contributed by atoms with Gasteiger partial charge in [-0.05, 0) is 61.1 Å². The van der Waals surface area contributed by atoms with Crippen molar-refractivity contribution in [1.29, 1.82) is 0 Å². The van der Waals surface area contributed by atoms with E-state index in [0.717, 1.165) is 49.3 Å². The van der Waals surface area contributed by atoms with E-state index in [1.54, 1.807) is 13.2 Å². The van der Waals surface area contributed by atoms with Gasteiger partial charge in [-0.3, -0.25) is 4.90 Å². The first-order chi connectivity index (χ1) is 14.2. The molecule has 0 spiro atoms. The number of hydrogen-bond acceptors (Lipinski definition) is 3. The zero-order chi connectivity index (χ0) is 19.8. The highest BCUT2D eigenvalue weighted by atomic mass is 19.1. The largest absolute Gasteiger partial charge is 0.495 e. The number of hydrogen-bond donors (Lipinski definition) is 1. The van der Waals surface area contributed by atoms with Crippen molar-refractivity contribution in [3.05, 3.63) is 60.0 Å². The van der Waals surface area contributed by atoms with E-state index in [1.165, 1.54) is 30.2 Å². The number of benzene rings is 2. The zero-order valence-electron chi connectivity index (χ0n) is 16.9. The van der Waals surface area contributed by atoms with Crippen LogP contribution in [0.4, 0.5) is 10.1 Å². The Kier molecular flexibility index (Phi) is 4.92. The quantitative estimate of drug-likeness (QED) is 0.693. The van der Waals surface area contributed by atoms with Crippen molar-refractivity contribution < 1.29 is 9.13 Å². The molecule has 3 aromatic rings. The van der Waals surface area contributed by atoms with Crippen molar-refractivity contribution in [3.63, 3.8) is 0 Å². The van der Waals surface area contributed by atoms with Crippen LogP contribution >= 0.6 is 0 Å². The van der Waals surface area contributed by atoms with Gasteiger partial charge in [-0.1, -0.05) is 12.1 Å². The van der Waals surface area contributed by atoms with Crippen molar-refractivity contribution in [1.82, 2.24) is 9.88 Å². The van der Waals surface area contributed by atoms with Crippen molar-refractivity contribution >= 4 is 16.6 Å². The summed E-state index contributed by atoms with van der Waals surface area (Å²) in [6, 6.07) is 14.0. The van der Waals surface area contributed by atoms with Crippen LogP contribution in [0.1, 0.15) is 30.7 Å². The van der Waals surface area contributed by atoms with Gasteiger partial charge >= 0.3 is 0 Å². The van der Waals surface area contributed by atoms with Crippen LogP contribution < -0.4 is 9.64 Å². The number of H-pyrrole nitrogens is 1. The van der Waals surface area contributed by atoms with Crippen molar-refractivity contribution in [2.45, 2.75) is 31.2 Å². The molecule has 5 heteroatoms. The highest BCUT2D eigenvalue weighted by Crippen LogP contribution is 2.40. The van der Waals surface area contributed by atoms with Gasteiger partial charge in [0.25, 0.3) is 0 Å². The number of aromatic amines is 1. The molecule has 4 nitrogen and oxygen atoms in total. The lowest BCUT2D eigenvalue weighted by Gasteiger charge is -2.39. The van der Waals surface area contributed by atoms with E-state index < -0.39 is 0 Å². The monoisotopic (exact) mass is 393 g/mol. The van der Waals surface area contributed by atoms with E-state index >= 15 is 0 Å². The summed E-state index contributed by atoms with van der Waals surface area (Å²) in [5.74, 6) is 1.32. The Hall–Kier alpha value is -2.53. The van der Waals surface area contributed by atoms with Gasteiger partial charge in [-0.15, -0.1) is 0 Å². The lowest BCUT2D eigenvalue weighted by Crippen LogP contribution is -2.49. The summed E-state index contributed by atoms with van der Waals surface area (Å²) in [5.41, 5.74) is 3.52. The van der Waals surface area contributed by atoms with E-state index in [2.05, 4.69) is 33.1 Å². The Labute approximate surface area is 171 Å². The molecule has 2 aromatic carbocycles. The Morgan fingerprint density at radius 2 is 1.86 bits per heavy atom. The Morgan fingerprint density at radius 3 is 2.69 bits per heavy atom. The Balaban J connectivity index is 1.24. The van der Waals surface area contributed by atoms with E-state index in [-0.39, 0.29) is 5.82 Å². The number of piperazine rings is 1. The summed E-state index contributed by atoms with van der Waals surface area (Å²) in [6.45, 7) is 4.22. The van der Waals surface area contributed by atoms with Crippen LogP contribution in [0.15, 0.2) is 48.7 Å². The second kappa shape index (κ2) is 7.71. The number of halogens is 1. The number of anilines is 1. The molecule has 2 heterocycles. The minimum Gasteiger partial charge on any atom is -0.495 e. The summed E-state index contributed by atoms with van der Waals surface area (Å²) in [4.78, 5) is 8.41. The molecule has 152 valence electrons. The number of aromatic nitrogens is 1. The fraction of sp³-hybridized carbons (Fsp3) is 0.417. The zero-order valence-corrected chi connectivity index (χ0v) is 16.9. The van der Waals surface area contributed by atoms with E-state index in [1.807, 2.05) is 18.2 Å². The highest BCUT2D eigenvalue weighted by molar-refractivity contribution is 5.83. The highest BCUT2D eigenvalue weighted by Gasteiger charge is 2.33. The van der Waals surface area contributed by atoms with Crippen LogP contribution in [0.25, 0.3) is 10.9 Å². The normalized spacial score (nSPS) is 23.0. The van der Waals surface area contributed by atoms with Gasteiger partial charge in [0.15, 0.2) is 0 Å². The molecule has 1 aromatic heterocycles. The van der Waals surface area contributed by atoms with E-state index in [9.17, 15) is 4.39 Å². The molecule has 2 atom stereocenters. The number of nitrogens with one attached hydrogen (secondary N) is 1. The fourth-order valence-corrected chi connectivity index (χ4v) is 5.24. The van der Waals surface area contributed by atoms with Crippen LogP contribution in [-0.4, -0.2) is 49.2 Å². The lowest BCUT2D eigenvalue weighted by atomic mass is 9.96. The van der Waals surface area contributed by atoms with Crippen LogP contribution in [-0.2, 0) is 0 Å². The number of fused-ring (bicyclic) bond motifs is 1. The molecule has 0 amide bonds. The van der Waals surface area contributed by atoms with Crippen molar-refractivity contribution in [2.24, 2.45) is 0 Å². The predicted octanol–water partition coefficient (Wildman–Crippen LogP) is 4.77. The van der Waals surface area contributed by atoms with Gasteiger partial charge in [-0.2, -0.15) is 0 Å². The molecule has 1 aliphatic heterocycles. The Morgan fingerprint density at radius 1 is 1.03 bits per heavy atom. The number of nitrogens with zero attached hydrogens (tertiary/aromatic N) is 2. The van der Waals surface area contributed by atoms with E-state index in [0.29, 0.717) is 12.0 Å². The molecule has 2 fully saturated rings. The minimum atomic E-state index is -0.152. The molecular weight excluding hydrogens is 365 g/mol. The van der Waals surface area contributed by atoms with Gasteiger partial charge in [0, 0.05) is 49.3 Å². The van der Waals surface area contributed by atoms with Crippen LogP contribution in [0.2, 0.25) is 0 Å². The third kappa shape index (κ3) is 3.48. The standard InChI is InChI=1S/C24H28FN3O/c1-29-24-5-3-2-4-23(24)28-12-10-27(11-13-28)19-8-6-17(14-19)21-16-26-22-9-7-18(25)15-20(21)22/h2-5,7,9,15-17,19,26H,6,8,10-14H2,1H3. The summed E-state index contributed by atoms with van der Waals surface area (Å²) in [5, 5.41) is 1.05. The number of rotatable bonds is 4. The van der Waals surface area contributed by atoms with Gasteiger partial charge in [0.1, 0.15) is 11.6 Å². The first kappa shape index (κ1) is 18.5. The maximum absolute atomic E-state index is 13.7. The molecule has 1 saturated carbocycles. The molecule has 5 rings (SSSR count). The second-order valence-corrected chi connectivity index (χ2v) is 8.29.